The molecule has 6 heteroatoms. The van der Waals surface area contributed by atoms with Gasteiger partial charge in [-0.15, -0.1) is 0 Å². The first kappa shape index (κ1) is 13.1. The highest BCUT2D eigenvalue weighted by Gasteiger charge is 2.31. The second-order valence-electron chi connectivity index (χ2n) is 5.55. The number of carbonyl (C=O) groups excluding carboxylic acids is 1. The van der Waals surface area contributed by atoms with Gasteiger partial charge in [-0.3, -0.25) is 9.69 Å². The van der Waals surface area contributed by atoms with Gasteiger partial charge in [-0.1, -0.05) is 0 Å². The average molecular weight is 273 g/mol. The van der Waals surface area contributed by atoms with Crippen molar-refractivity contribution in [3.63, 3.8) is 0 Å². The highest BCUT2D eigenvalue weighted by atomic mass is 16.2. The molecular weight excluding hydrogens is 254 g/mol. The zero-order valence-electron chi connectivity index (χ0n) is 12.0. The summed E-state index contributed by atoms with van der Waals surface area (Å²) in [5.74, 6) is 0.0421. The number of amides is 1. The van der Waals surface area contributed by atoms with Crippen molar-refractivity contribution in [2.75, 3.05) is 20.1 Å². The van der Waals surface area contributed by atoms with Gasteiger partial charge in [0.1, 0.15) is 5.52 Å². The SMILES string of the molecule is CC1CN(C(=O)c2cnn3ncccc23)C(C)CN1C. The molecule has 0 saturated carbocycles. The lowest BCUT2D eigenvalue weighted by Gasteiger charge is -2.42. The van der Waals surface area contributed by atoms with Crippen molar-refractivity contribution in [1.82, 2.24) is 24.6 Å². The molecule has 106 valence electrons. The zero-order valence-corrected chi connectivity index (χ0v) is 12.0. The Morgan fingerprint density at radius 3 is 2.85 bits per heavy atom. The fourth-order valence-corrected chi connectivity index (χ4v) is 2.73. The third-order valence-corrected chi connectivity index (χ3v) is 4.09. The van der Waals surface area contributed by atoms with E-state index >= 15 is 0 Å². The van der Waals surface area contributed by atoms with Crippen LogP contribution in [0.1, 0.15) is 24.2 Å². The number of fused-ring (bicyclic) bond motifs is 1. The fourth-order valence-electron chi connectivity index (χ4n) is 2.73. The quantitative estimate of drug-likeness (QED) is 0.774. The van der Waals surface area contributed by atoms with E-state index in [0.29, 0.717) is 11.6 Å². The van der Waals surface area contributed by atoms with Gasteiger partial charge in [0.2, 0.25) is 0 Å². The van der Waals surface area contributed by atoms with E-state index in [9.17, 15) is 4.79 Å². The third-order valence-electron chi connectivity index (χ3n) is 4.09. The minimum atomic E-state index is 0.0421. The highest BCUT2D eigenvalue weighted by Crippen LogP contribution is 2.19. The Morgan fingerprint density at radius 1 is 1.25 bits per heavy atom. The van der Waals surface area contributed by atoms with E-state index in [-0.39, 0.29) is 11.9 Å². The van der Waals surface area contributed by atoms with Gasteiger partial charge in [0.15, 0.2) is 0 Å². The molecule has 2 atom stereocenters. The molecular formula is C14H19N5O. The van der Waals surface area contributed by atoms with Gasteiger partial charge in [0, 0.05) is 31.4 Å². The molecule has 2 aromatic heterocycles. The van der Waals surface area contributed by atoms with E-state index in [1.165, 1.54) is 4.63 Å². The predicted molar refractivity (Wildman–Crippen MR) is 75.6 cm³/mol. The molecule has 0 spiro atoms. The van der Waals surface area contributed by atoms with E-state index in [2.05, 4.69) is 36.0 Å². The number of carbonyl (C=O) groups is 1. The van der Waals surface area contributed by atoms with E-state index in [4.69, 9.17) is 0 Å². The Hall–Kier alpha value is -1.95. The van der Waals surface area contributed by atoms with Crippen molar-refractivity contribution in [2.24, 2.45) is 0 Å². The maximum Gasteiger partial charge on any atom is 0.258 e. The summed E-state index contributed by atoms with van der Waals surface area (Å²) in [5.41, 5.74) is 1.39. The first-order valence-corrected chi connectivity index (χ1v) is 6.88. The van der Waals surface area contributed by atoms with Crippen LogP contribution in [0.4, 0.5) is 0 Å². The van der Waals surface area contributed by atoms with Crippen LogP contribution in [0.5, 0.6) is 0 Å². The van der Waals surface area contributed by atoms with E-state index in [1.807, 2.05) is 17.0 Å². The number of piperazine rings is 1. The number of rotatable bonds is 1. The molecule has 3 rings (SSSR count). The van der Waals surface area contributed by atoms with Crippen LogP contribution < -0.4 is 0 Å². The van der Waals surface area contributed by atoms with Crippen molar-refractivity contribution < 1.29 is 4.79 Å². The van der Waals surface area contributed by atoms with Gasteiger partial charge in [0.25, 0.3) is 5.91 Å². The molecule has 0 aromatic carbocycles. The van der Waals surface area contributed by atoms with Gasteiger partial charge in [0.05, 0.1) is 11.8 Å². The summed E-state index contributed by atoms with van der Waals surface area (Å²) in [4.78, 5) is 17.0. The Kier molecular flexibility index (Phi) is 3.17. The first-order chi connectivity index (χ1) is 9.58. The molecule has 6 nitrogen and oxygen atoms in total. The molecule has 3 heterocycles. The van der Waals surface area contributed by atoms with Crippen molar-refractivity contribution >= 4 is 11.4 Å². The highest BCUT2D eigenvalue weighted by molar-refractivity contribution is 6.00. The van der Waals surface area contributed by atoms with Gasteiger partial charge in [-0.2, -0.15) is 14.8 Å². The average Bonchev–Trinajstić information content (AvgIpc) is 2.86. The maximum atomic E-state index is 12.8. The summed E-state index contributed by atoms with van der Waals surface area (Å²) in [6.07, 6.45) is 3.27. The molecule has 1 saturated heterocycles. The summed E-state index contributed by atoms with van der Waals surface area (Å²) in [5, 5.41) is 8.24. The van der Waals surface area contributed by atoms with Crippen molar-refractivity contribution in [1.29, 1.82) is 0 Å². The molecule has 1 amide bonds. The summed E-state index contributed by atoms with van der Waals surface area (Å²) < 4.78 is 1.50. The van der Waals surface area contributed by atoms with Crippen LogP contribution in [0, 0.1) is 0 Å². The monoisotopic (exact) mass is 273 g/mol. The number of aromatic nitrogens is 3. The fraction of sp³-hybridized carbons (Fsp3) is 0.500. The Morgan fingerprint density at radius 2 is 2.05 bits per heavy atom. The van der Waals surface area contributed by atoms with E-state index in [0.717, 1.165) is 18.6 Å². The summed E-state index contributed by atoms with van der Waals surface area (Å²) >= 11 is 0. The van der Waals surface area contributed by atoms with Crippen molar-refractivity contribution in [2.45, 2.75) is 25.9 Å². The third kappa shape index (κ3) is 2.06. The van der Waals surface area contributed by atoms with Crippen LogP contribution in [0.3, 0.4) is 0 Å². The van der Waals surface area contributed by atoms with Gasteiger partial charge < -0.3 is 4.90 Å². The van der Waals surface area contributed by atoms with Crippen LogP contribution in [-0.4, -0.2) is 62.8 Å². The minimum absolute atomic E-state index is 0.0421. The number of hydrogen-bond donors (Lipinski definition) is 0. The van der Waals surface area contributed by atoms with Crippen LogP contribution in [0.15, 0.2) is 24.5 Å². The number of nitrogens with zero attached hydrogens (tertiary/aromatic N) is 5. The smallest absolute Gasteiger partial charge is 0.258 e. The van der Waals surface area contributed by atoms with E-state index in [1.54, 1.807) is 12.4 Å². The zero-order chi connectivity index (χ0) is 14.3. The summed E-state index contributed by atoms with van der Waals surface area (Å²) in [6.45, 7) is 5.87. The number of hydrogen-bond acceptors (Lipinski definition) is 4. The second-order valence-corrected chi connectivity index (χ2v) is 5.55. The lowest BCUT2D eigenvalue weighted by atomic mass is 10.1. The summed E-state index contributed by atoms with van der Waals surface area (Å²) in [6, 6.07) is 4.27. The van der Waals surface area contributed by atoms with Gasteiger partial charge in [-0.25, -0.2) is 0 Å². The Balaban J connectivity index is 1.92. The topological polar surface area (TPSA) is 53.7 Å². The molecule has 0 bridgehead atoms. The summed E-state index contributed by atoms with van der Waals surface area (Å²) in [7, 11) is 2.10. The molecule has 0 aliphatic carbocycles. The van der Waals surface area contributed by atoms with Crippen molar-refractivity contribution in [3.8, 4) is 0 Å². The lowest BCUT2D eigenvalue weighted by molar-refractivity contribution is 0.0399. The van der Waals surface area contributed by atoms with Gasteiger partial charge >= 0.3 is 0 Å². The molecule has 1 aliphatic heterocycles. The van der Waals surface area contributed by atoms with Crippen LogP contribution in [-0.2, 0) is 0 Å². The Bertz CT molecular complexity index is 637. The maximum absolute atomic E-state index is 12.8. The largest absolute Gasteiger partial charge is 0.333 e. The predicted octanol–water partition coefficient (Wildman–Crippen LogP) is 0.894. The van der Waals surface area contributed by atoms with Crippen LogP contribution in [0.2, 0.25) is 0 Å². The van der Waals surface area contributed by atoms with Crippen LogP contribution >= 0.6 is 0 Å². The lowest BCUT2D eigenvalue weighted by Crippen LogP contribution is -2.56. The normalized spacial score (nSPS) is 24.2. The first-order valence-electron chi connectivity index (χ1n) is 6.88. The number of likely N-dealkylation sites (N-methyl/N-ethyl adjacent to an activating group) is 1. The van der Waals surface area contributed by atoms with Crippen molar-refractivity contribution in [3.05, 3.63) is 30.1 Å². The Labute approximate surface area is 118 Å². The second kappa shape index (κ2) is 4.86. The molecule has 1 fully saturated rings. The van der Waals surface area contributed by atoms with E-state index < -0.39 is 0 Å². The molecule has 1 aliphatic rings. The standard InChI is InChI=1S/C14H19N5O/c1-10-9-18(11(2)8-17(10)3)14(20)12-7-16-19-13(12)5-4-6-15-19/h4-7,10-11H,8-9H2,1-3H3. The molecule has 0 N–H and O–H groups in total. The van der Waals surface area contributed by atoms with Crippen LogP contribution in [0.25, 0.3) is 5.52 Å². The molecule has 20 heavy (non-hydrogen) atoms. The molecule has 0 radical (unpaired) electrons. The minimum Gasteiger partial charge on any atom is -0.333 e. The molecule has 2 unspecified atom stereocenters. The van der Waals surface area contributed by atoms with Gasteiger partial charge in [-0.05, 0) is 33.0 Å². The molecule has 2 aromatic rings.